The highest BCUT2D eigenvalue weighted by molar-refractivity contribution is 9.09. The van der Waals surface area contributed by atoms with Crippen LogP contribution in [0.15, 0.2) is 30.3 Å². The molecule has 0 fully saturated rings. The van der Waals surface area contributed by atoms with E-state index in [0.717, 1.165) is 12.0 Å². The van der Waals surface area contributed by atoms with Gasteiger partial charge in [0.1, 0.15) is 0 Å². The largest absolute Gasteiger partial charge is 0.328 e. The van der Waals surface area contributed by atoms with Gasteiger partial charge >= 0.3 is 0 Å². The van der Waals surface area contributed by atoms with Crippen LogP contribution in [0.5, 0.6) is 0 Å². The first-order valence-electron chi connectivity index (χ1n) is 6.72. The molecule has 0 saturated heterocycles. The van der Waals surface area contributed by atoms with Gasteiger partial charge in [-0.25, -0.2) is 0 Å². The van der Waals surface area contributed by atoms with Crippen molar-refractivity contribution in [1.29, 1.82) is 0 Å². The van der Waals surface area contributed by atoms with Crippen LogP contribution in [0.3, 0.4) is 0 Å². The number of nitrogens with zero attached hydrogens (tertiary/aromatic N) is 1. The molecule has 3 heteroatoms. The molecule has 0 aliphatic heterocycles. The van der Waals surface area contributed by atoms with Crippen molar-refractivity contribution in [2.24, 2.45) is 0 Å². The maximum Gasteiger partial charge on any atom is 0.234 e. The Labute approximate surface area is 125 Å². The Kier molecular flexibility index (Phi) is 5.19. The molecule has 0 aliphatic rings. The first-order chi connectivity index (χ1) is 8.77. The van der Waals surface area contributed by atoms with Gasteiger partial charge in [0.05, 0.1) is 10.9 Å². The summed E-state index contributed by atoms with van der Waals surface area (Å²) in [6, 6.07) is 10.2. The average molecular weight is 326 g/mol. The maximum atomic E-state index is 12.4. The zero-order valence-electron chi connectivity index (χ0n) is 12.5. The number of carbonyl (C=O) groups excluding carboxylic acids is 1. The molecule has 0 N–H and O–H groups in total. The Bertz CT molecular complexity index is 426. The summed E-state index contributed by atoms with van der Waals surface area (Å²) in [5, 5.41) is 0.354. The van der Waals surface area contributed by atoms with Crippen LogP contribution in [0, 0.1) is 0 Å². The smallest absolute Gasteiger partial charge is 0.234 e. The van der Waals surface area contributed by atoms with Gasteiger partial charge < -0.3 is 4.90 Å². The zero-order valence-corrected chi connectivity index (χ0v) is 14.1. The molecule has 106 valence electrons. The Morgan fingerprint density at radius 2 is 1.68 bits per heavy atom. The normalized spacial score (nSPS) is 12.3. The fraction of sp³-hybridized carbons (Fsp3) is 0.562. The molecule has 1 aromatic rings. The third-order valence-corrected chi connectivity index (χ3v) is 4.35. The molecule has 2 nitrogen and oxygen atoms in total. The molecule has 0 aliphatic carbocycles. The van der Waals surface area contributed by atoms with E-state index < -0.39 is 0 Å². The number of rotatable bonds is 5. The molecule has 1 aromatic carbocycles. The molecular weight excluding hydrogens is 302 g/mol. The number of halogens is 1. The summed E-state index contributed by atoms with van der Waals surface area (Å²) in [5.74, 6) is 0.126. The van der Waals surface area contributed by atoms with Crippen LogP contribution in [0.1, 0.15) is 46.6 Å². The minimum atomic E-state index is -0.328. The fourth-order valence-corrected chi connectivity index (χ4v) is 2.85. The molecule has 0 heterocycles. The molecule has 0 spiro atoms. The molecule has 0 atom stereocenters. The standard InChI is InChI=1S/C16H24BrNO/c1-6-15(2,3)18(14(19)12-17)16(4,5)13-10-8-7-9-11-13/h7-11H,6,12H2,1-5H3. The molecule has 0 radical (unpaired) electrons. The van der Waals surface area contributed by atoms with Crippen LogP contribution in [0.4, 0.5) is 0 Å². The van der Waals surface area contributed by atoms with Crippen molar-refractivity contribution in [1.82, 2.24) is 4.90 Å². The van der Waals surface area contributed by atoms with E-state index in [1.165, 1.54) is 0 Å². The Morgan fingerprint density at radius 3 is 2.11 bits per heavy atom. The van der Waals surface area contributed by atoms with Crippen LogP contribution < -0.4 is 0 Å². The molecular formula is C16H24BrNO. The topological polar surface area (TPSA) is 20.3 Å². The quantitative estimate of drug-likeness (QED) is 0.737. The first kappa shape index (κ1) is 16.2. The predicted molar refractivity (Wildman–Crippen MR) is 84.5 cm³/mol. The van der Waals surface area contributed by atoms with Gasteiger partial charge in [0.15, 0.2) is 0 Å². The molecule has 19 heavy (non-hydrogen) atoms. The molecule has 0 unspecified atom stereocenters. The lowest BCUT2D eigenvalue weighted by molar-refractivity contribution is -0.142. The number of benzene rings is 1. The van der Waals surface area contributed by atoms with Gasteiger partial charge in [-0.05, 0) is 39.7 Å². The summed E-state index contributed by atoms with van der Waals surface area (Å²) < 4.78 is 0. The van der Waals surface area contributed by atoms with Crippen LogP contribution >= 0.6 is 15.9 Å². The van der Waals surface area contributed by atoms with Crippen LogP contribution in [-0.4, -0.2) is 21.7 Å². The summed E-state index contributed by atoms with van der Waals surface area (Å²) in [4.78, 5) is 14.4. The number of alkyl halides is 1. The molecule has 0 aromatic heterocycles. The van der Waals surface area contributed by atoms with Gasteiger partial charge in [0.25, 0.3) is 0 Å². The highest BCUT2D eigenvalue weighted by Crippen LogP contribution is 2.35. The van der Waals surface area contributed by atoms with Gasteiger partial charge in [-0.2, -0.15) is 0 Å². The van der Waals surface area contributed by atoms with E-state index in [4.69, 9.17) is 0 Å². The van der Waals surface area contributed by atoms with E-state index in [9.17, 15) is 4.79 Å². The third-order valence-electron chi connectivity index (χ3n) is 3.87. The Balaban J connectivity index is 3.28. The van der Waals surface area contributed by atoms with Gasteiger partial charge in [-0.15, -0.1) is 0 Å². The van der Waals surface area contributed by atoms with Crippen LogP contribution in [0.25, 0.3) is 0 Å². The monoisotopic (exact) mass is 325 g/mol. The van der Waals surface area contributed by atoms with Crippen molar-refractivity contribution in [3.8, 4) is 0 Å². The maximum absolute atomic E-state index is 12.4. The van der Waals surface area contributed by atoms with Gasteiger partial charge in [0.2, 0.25) is 5.91 Å². The minimum Gasteiger partial charge on any atom is -0.328 e. The Hall–Kier alpha value is -0.830. The van der Waals surface area contributed by atoms with E-state index in [0.29, 0.717) is 5.33 Å². The molecule has 1 amide bonds. The first-order valence-corrected chi connectivity index (χ1v) is 7.84. The minimum absolute atomic E-state index is 0.126. The summed E-state index contributed by atoms with van der Waals surface area (Å²) in [5.41, 5.74) is 0.654. The van der Waals surface area contributed by atoms with E-state index in [1.54, 1.807) is 0 Å². The zero-order chi connectivity index (χ0) is 14.7. The number of amides is 1. The van der Waals surface area contributed by atoms with Crippen LogP contribution in [-0.2, 0) is 10.3 Å². The summed E-state index contributed by atoms with van der Waals surface area (Å²) in [7, 11) is 0. The van der Waals surface area contributed by atoms with Gasteiger partial charge in [-0.1, -0.05) is 53.2 Å². The van der Waals surface area contributed by atoms with Crippen LogP contribution in [0.2, 0.25) is 0 Å². The van der Waals surface area contributed by atoms with Crippen molar-refractivity contribution in [3.05, 3.63) is 35.9 Å². The predicted octanol–water partition coefficient (Wildman–Crippen LogP) is 4.33. The van der Waals surface area contributed by atoms with Gasteiger partial charge in [-0.3, -0.25) is 4.79 Å². The summed E-state index contributed by atoms with van der Waals surface area (Å²) >= 11 is 3.31. The average Bonchev–Trinajstić information content (AvgIpc) is 2.39. The van der Waals surface area contributed by atoms with E-state index in [1.807, 2.05) is 23.1 Å². The second kappa shape index (κ2) is 6.08. The third kappa shape index (κ3) is 3.38. The summed E-state index contributed by atoms with van der Waals surface area (Å²) in [6.07, 6.45) is 0.919. The number of hydrogen-bond donors (Lipinski definition) is 0. The molecule has 0 saturated carbocycles. The Morgan fingerprint density at radius 1 is 1.16 bits per heavy atom. The number of carbonyl (C=O) groups is 1. The highest BCUT2D eigenvalue weighted by Gasteiger charge is 2.40. The highest BCUT2D eigenvalue weighted by atomic mass is 79.9. The lowest BCUT2D eigenvalue weighted by Gasteiger charge is -2.49. The van der Waals surface area contributed by atoms with Crippen molar-refractivity contribution >= 4 is 21.8 Å². The van der Waals surface area contributed by atoms with Crippen molar-refractivity contribution < 1.29 is 4.79 Å². The molecule has 1 rings (SSSR count). The molecule has 0 bridgehead atoms. The van der Waals surface area contributed by atoms with Crippen molar-refractivity contribution in [2.75, 3.05) is 5.33 Å². The lowest BCUT2D eigenvalue weighted by Crippen LogP contribution is -2.57. The second-order valence-corrected chi connectivity index (χ2v) is 6.51. The van der Waals surface area contributed by atoms with Gasteiger partial charge in [0, 0.05) is 5.54 Å². The van der Waals surface area contributed by atoms with E-state index >= 15 is 0 Å². The second-order valence-electron chi connectivity index (χ2n) is 5.95. The van der Waals surface area contributed by atoms with Crippen molar-refractivity contribution in [2.45, 2.75) is 52.1 Å². The van der Waals surface area contributed by atoms with Crippen molar-refractivity contribution in [3.63, 3.8) is 0 Å². The summed E-state index contributed by atoms with van der Waals surface area (Å²) in [6.45, 7) is 10.6. The lowest BCUT2D eigenvalue weighted by atomic mass is 9.86. The SMILES string of the molecule is CCC(C)(C)N(C(=O)CBr)C(C)(C)c1ccccc1. The van der Waals surface area contributed by atoms with E-state index in [-0.39, 0.29) is 17.0 Å². The van der Waals surface area contributed by atoms with E-state index in [2.05, 4.69) is 62.7 Å². The fourth-order valence-electron chi connectivity index (χ4n) is 2.60. The number of hydrogen-bond acceptors (Lipinski definition) is 1.